The smallest absolute Gasteiger partial charge is 0.257 e. The number of halogens is 1. The normalized spacial score (nSPS) is 10.4. The minimum Gasteiger partial charge on any atom is -0.493 e. The van der Waals surface area contributed by atoms with E-state index in [0.29, 0.717) is 22.4 Å². The fourth-order valence-corrected chi connectivity index (χ4v) is 3.14. The number of anilines is 1. The van der Waals surface area contributed by atoms with Crippen LogP contribution in [0.5, 0.6) is 5.75 Å². The van der Waals surface area contributed by atoms with Crippen molar-refractivity contribution in [2.75, 3.05) is 11.9 Å². The van der Waals surface area contributed by atoms with Gasteiger partial charge in [0.2, 0.25) is 0 Å². The number of rotatable bonds is 4. The van der Waals surface area contributed by atoms with Crippen molar-refractivity contribution in [3.8, 4) is 5.75 Å². The van der Waals surface area contributed by atoms with Gasteiger partial charge in [-0.2, -0.15) is 0 Å². The molecule has 1 aromatic heterocycles. The molecular weight excluding hydrogens is 414 g/mol. The van der Waals surface area contributed by atoms with E-state index < -0.39 is 0 Å². The topological polar surface area (TPSA) is 63.2 Å². The molecule has 132 valence electrons. The second kappa shape index (κ2) is 8.25. The van der Waals surface area contributed by atoms with Crippen molar-refractivity contribution in [3.05, 3.63) is 64.8 Å². The number of aromatic nitrogens is 1. The Bertz CT molecular complexity index is 973. The Kier molecular flexibility index (Phi) is 5.80. The van der Waals surface area contributed by atoms with Crippen molar-refractivity contribution in [1.29, 1.82) is 0 Å². The van der Waals surface area contributed by atoms with Gasteiger partial charge >= 0.3 is 0 Å². The number of nitrogens with zero attached hydrogens (tertiary/aromatic N) is 1. The minimum absolute atomic E-state index is 0.207. The molecule has 3 rings (SSSR count). The van der Waals surface area contributed by atoms with E-state index in [0.717, 1.165) is 16.6 Å². The number of ether oxygens (including phenoxy) is 1. The van der Waals surface area contributed by atoms with Crippen LogP contribution in [0, 0.1) is 0 Å². The van der Waals surface area contributed by atoms with Gasteiger partial charge in [0.25, 0.3) is 5.91 Å². The van der Waals surface area contributed by atoms with E-state index in [-0.39, 0.29) is 11.0 Å². The van der Waals surface area contributed by atoms with Gasteiger partial charge in [-0.25, -0.2) is 0 Å². The molecule has 1 amide bonds. The average molecular weight is 430 g/mol. The van der Waals surface area contributed by atoms with Gasteiger partial charge < -0.3 is 10.1 Å². The Morgan fingerprint density at radius 1 is 1.23 bits per heavy atom. The van der Waals surface area contributed by atoms with E-state index >= 15 is 0 Å². The third-order valence-corrected chi connectivity index (χ3v) is 4.43. The molecule has 0 atom stereocenters. The monoisotopic (exact) mass is 429 g/mol. The minimum atomic E-state index is -0.306. The highest BCUT2D eigenvalue weighted by Crippen LogP contribution is 2.26. The summed E-state index contributed by atoms with van der Waals surface area (Å²) in [5, 5.41) is 6.91. The summed E-state index contributed by atoms with van der Waals surface area (Å²) in [5.74, 6) is 0.381. The van der Waals surface area contributed by atoms with Crippen LogP contribution in [0.25, 0.3) is 10.9 Å². The number of thiocarbonyl (C=S) groups is 1. The molecule has 2 aromatic carbocycles. The summed E-state index contributed by atoms with van der Waals surface area (Å²) in [6, 6.07) is 14.7. The van der Waals surface area contributed by atoms with Gasteiger partial charge in [-0.1, -0.05) is 18.2 Å². The lowest BCUT2D eigenvalue weighted by Gasteiger charge is -2.12. The molecule has 3 aromatic rings. The summed E-state index contributed by atoms with van der Waals surface area (Å²) in [4.78, 5) is 16.8. The number of carbonyl (C=O) groups excluding carboxylic acids is 1. The first kappa shape index (κ1) is 18.3. The molecule has 1 heterocycles. The van der Waals surface area contributed by atoms with Crippen molar-refractivity contribution in [3.63, 3.8) is 0 Å². The molecule has 7 heteroatoms. The third kappa shape index (κ3) is 4.17. The second-order valence-electron chi connectivity index (χ2n) is 5.37. The molecule has 0 saturated heterocycles. The highest BCUT2D eigenvalue weighted by atomic mass is 79.9. The van der Waals surface area contributed by atoms with Crippen LogP contribution in [-0.4, -0.2) is 22.6 Å². The Morgan fingerprint density at radius 3 is 2.81 bits per heavy atom. The number of pyridine rings is 1. The number of amides is 1. The fourth-order valence-electron chi connectivity index (χ4n) is 2.45. The molecule has 0 radical (unpaired) electrons. The Balaban J connectivity index is 1.71. The summed E-state index contributed by atoms with van der Waals surface area (Å²) in [6.07, 6.45) is 1.71. The average Bonchev–Trinajstić information content (AvgIpc) is 2.63. The maximum absolute atomic E-state index is 12.4. The molecule has 0 aliphatic carbocycles. The van der Waals surface area contributed by atoms with Crippen LogP contribution in [-0.2, 0) is 0 Å². The molecule has 0 aliphatic heterocycles. The summed E-state index contributed by atoms with van der Waals surface area (Å²) >= 11 is 8.67. The van der Waals surface area contributed by atoms with Crippen LogP contribution >= 0.6 is 28.1 Å². The van der Waals surface area contributed by atoms with Gasteiger partial charge in [-0.05, 0) is 65.4 Å². The molecule has 0 unspecified atom stereocenters. The van der Waals surface area contributed by atoms with E-state index in [9.17, 15) is 4.79 Å². The van der Waals surface area contributed by atoms with Gasteiger partial charge in [-0.15, -0.1) is 0 Å². The summed E-state index contributed by atoms with van der Waals surface area (Å²) in [7, 11) is 0. The number of fused-ring (bicyclic) bond motifs is 1. The fraction of sp³-hybridized carbons (Fsp3) is 0.105. The lowest BCUT2D eigenvalue weighted by atomic mass is 10.2. The predicted molar refractivity (Wildman–Crippen MR) is 111 cm³/mol. The van der Waals surface area contributed by atoms with Crippen molar-refractivity contribution < 1.29 is 9.53 Å². The quantitative estimate of drug-likeness (QED) is 0.596. The first-order valence-corrected chi connectivity index (χ1v) is 9.17. The highest BCUT2D eigenvalue weighted by molar-refractivity contribution is 9.10. The van der Waals surface area contributed by atoms with Gasteiger partial charge in [0.05, 0.1) is 22.3 Å². The van der Waals surface area contributed by atoms with E-state index in [2.05, 4.69) is 31.5 Å². The van der Waals surface area contributed by atoms with Crippen LogP contribution in [0.4, 0.5) is 5.69 Å². The van der Waals surface area contributed by atoms with Crippen molar-refractivity contribution >= 4 is 55.8 Å². The maximum atomic E-state index is 12.4. The van der Waals surface area contributed by atoms with Crippen LogP contribution < -0.4 is 15.4 Å². The number of hydrogen-bond donors (Lipinski definition) is 2. The first-order valence-electron chi connectivity index (χ1n) is 7.97. The summed E-state index contributed by atoms with van der Waals surface area (Å²) in [6.45, 7) is 2.45. The van der Waals surface area contributed by atoms with Crippen LogP contribution in [0.1, 0.15) is 17.3 Å². The van der Waals surface area contributed by atoms with Gasteiger partial charge in [0.1, 0.15) is 5.75 Å². The maximum Gasteiger partial charge on any atom is 0.257 e. The van der Waals surface area contributed by atoms with Crippen LogP contribution in [0.15, 0.2) is 59.2 Å². The number of hydrogen-bond acceptors (Lipinski definition) is 4. The number of benzene rings is 2. The van der Waals surface area contributed by atoms with E-state index in [1.807, 2.05) is 37.3 Å². The Labute approximate surface area is 164 Å². The van der Waals surface area contributed by atoms with E-state index in [1.54, 1.807) is 24.4 Å². The number of carbonyl (C=O) groups is 1. The second-order valence-corrected chi connectivity index (χ2v) is 6.63. The molecule has 2 N–H and O–H groups in total. The Hall–Kier alpha value is -2.51. The molecule has 0 spiro atoms. The van der Waals surface area contributed by atoms with Crippen molar-refractivity contribution in [2.45, 2.75) is 6.92 Å². The lowest BCUT2D eigenvalue weighted by Crippen LogP contribution is -2.34. The van der Waals surface area contributed by atoms with Crippen molar-refractivity contribution in [1.82, 2.24) is 10.3 Å². The standard InChI is InChI=1S/C19H16BrN3O2S/c1-2-25-16-9-8-13(11-14(16)20)18(24)23-19(26)22-15-7-3-5-12-6-4-10-21-17(12)15/h3-11H,2H2,1H3,(H2,22,23,24,26). The first-order chi connectivity index (χ1) is 12.6. The predicted octanol–water partition coefficient (Wildman–Crippen LogP) is 4.52. The zero-order valence-electron chi connectivity index (χ0n) is 14.0. The zero-order chi connectivity index (χ0) is 18.5. The van der Waals surface area contributed by atoms with E-state index in [1.165, 1.54) is 0 Å². The summed E-state index contributed by atoms with van der Waals surface area (Å²) in [5.41, 5.74) is 2.00. The third-order valence-electron chi connectivity index (χ3n) is 3.60. The molecule has 5 nitrogen and oxygen atoms in total. The molecule has 0 fully saturated rings. The Morgan fingerprint density at radius 2 is 2.04 bits per heavy atom. The number of nitrogens with one attached hydrogen (secondary N) is 2. The van der Waals surface area contributed by atoms with Gasteiger partial charge in [-0.3, -0.25) is 15.1 Å². The van der Waals surface area contributed by atoms with Crippen LogP contribution in [0.2, 0.25) is 0 Å². The molecule has 0 aliphatic rings. The SMILES string of the molecule is CCOc1ccc(C(=O)NC(=S)Nc2cccc3cccnc23)cc1Br. The largest absolute Gasteiger partial charge is 0.493 e. The van der Waals surface area contributed by atoms with Crippen molar-refractivity contribution in [2.24, 2.45) is 0 Å². The molecular formula is C19H16BrN3O2S. The molecule has 26 heavy (non-hydrogen) atoms. The molecule has 0 saturated carbocycles. The summed E-state index contributed by atoms with van der Waals surface area (Å²) < 4.78 is 6.16. The van der Waals surface area contributed by atoms with Gasteiger partial charge in [0.15, 0.2) is 5.11 Å². The molecule has 0 bridgehead atoms. The number of para-hydroxylation sites is 1. The highest BCUT2D eigenvalue weighted by Gasteiger charge is 2.12. The zero-order valence-corrected chi connectivity index (χ0v) is 16.4. The van der Waals surface area contributed by atoms with Crippen LogP contribution in [0.3, 0.4) is 0 Å². The lowest BCUT2D eigenvalue weighted by molar-refractivity contribution is 0.0977. The van der Waals surface area contributed by atoms with Gasteiger partial charge in [0, 0.05) is 17.1 Å². The van der Waals surface area contributed by atoms with E-state index in [4.69, 9.17) is 17.0 Å².